The third-order valence-electron chi connectivity index (χ3n) is 5.07. The highest BCUT2D eigenvalue weighted by molar-refractivity contribution is 5.60. The number of aromatic nitrogens is 2. The molecule has 3 heterocycles. The molecule has 0 fully saturated rings. The lowest BCUT2D eigenvalue weighted by Crippen LogP contribution is -2.33. The van der Waals surface area contributed by atoms with E-state index in [1.54, 1.807) is 0 Å². The molecule has 0 aliphatic carbocycles. The van der Waals surface area contributed by atoms with E-state index in [9.17, 15) is 0 Å². The molecule has 0 bridgehead atoms. The maximum absolute atomic E-state index is 5.94. The van der Waals surface area contributed by atoms with Crippen LogP contribution in [-0.2, 0) is 19.5 Å². The number of nitrogens with one attached hydrogen (secondary N) is 1. The fraction of sp³-hybridized carbons (Fsp3) is 0.450. The van der Waals surface area contributed by atoms with Crippen LogP contribution in [0.5, 0.6) is 5.75 Å². The van der Waals surface area contributed by atoms with Gasteiger partial charge in [0.05, 0.1) is 18.6 Å². The molecule has 0 saturated carbocycles. The highest BCUT2D eigenvalue weighted by Gasteiger charge is 2.15. The number of ether oxygens (including phenoxy) is 1. The highest BCUT2D eigenvalue weighted by atomic mass is 16.5. The summed E-state index contributed by atoms with van der Waals surface area (Å²) in [5.41, 5.74) is 4.92. The second-order valence-corrected chi connectivity index (χ2v) is 6.96. The van der Waals surface area contributed by atoms with Crippen LogP contribution >= 0.6 is 0 Å². The Morgan fingerprint density at radius 1 is 1.20 bits per heavy atom. The number of rotatable bonds is 6. The molecule has 25 heavy (non-hydrogen) atoms. The van der Waals surface area contributed by atoms with Crippen LogP contribution in [0.1, 0.15) is 30.5 Å². The Morgan fingerprint density at radius 3 is 3.12 bits per heavy atom. The topological polar surface area (TPSA) is 42.3 Å². The summed E-state index contributed by atoms with van der Waals surface area (Å²) in [4.78, 5) is 6.73. The number of allylic oxidation sites excluding steroid dienone is 1. The molecular weight excluding hydrogens is 312 g/mol. The largest absolute Gasteiger partial charge is 0.494 e. The first-order valence-electron chi connectivity index (χ1n) is 9.20. The van der Waals surface area contributed by atoms with E-state index in [0.29, 0.717) is 0 Å². The highest BCUT2D eigenvalue weighted by Crippen LogP contribution is 2.29. The lowest BCUT2D eigenvalue weighted by molar-refractivity contribution is 0.209. The van der Waals surface area contributed by atoms with E-state index in [1.165, 1.54) is 11.3 Å². The number of unbranched alkanes of at least 4 members (excludes halogenated alkanes) is 1. The monoisotopic (exact) mass is 338 g/mol. The Bertz CT molecular complexity index is 752. The molecule has 0 radical (unpaired) electrons. The van der Waals surface area contributed by atoms with Gasteiger partial charge in [-0.25, -0.2) is 4.98 Å². The van der Waals surface area contributed by atoms with E-state index in [0.717, 1.165) is 75.6 Å². The first kappa shape index (κ1) is 16.2. The van der Waals surface area contributed by atoms with Crippen LogP contribution in [0.2, 0.25) is 0 Å². The molecule has 0 amide bonds. The van der Waals surface area contributed by atoms with Crippen LogP contribution < -0.4 is 10.1 Å². The minimum atomic E-state index is 0.769. The van der Waals surface area contributed by atoms with Gasteiger partial charge in [0.15, 0.2) is 0 Å². The first-order chi connectivity index (χ1) is 12.3. The van der Waals surface area contributed by atoms with Crippen LogP contribution in [0.25, 0.3) is 0 Å². The average molecular weight is 338 g/mol. The number of imidazole rings is 1. The lowest BCUT2D eigenvalue weighted by Gasteiger charge is -2.27. The Kier molecular flexibility index (Phi) is 4.74. The summed E-state index contributed by atoms with van der Waals surface area (Å²) in [5, 5.41) is 3.36. The summed E-state index contributed by atoms with van der Waals surface area (Å²) in [6, 6.07) is 6.35. The van der Waals surface area contributed by atoms with Gasteiger partial charge < -0.3 is 14.6 Å². The summed E-state index contributed by atoms with van der Waals surface area (Å²) in [6.07, 6.45) is 8.24. The van der Waals surface area contributed by atoms with Gasteiger partial charge in [-0.2, -0.15) is 0 Å². The number of nitrogens with zero attached hydrogens (tertiary/aromatic N) is 3. The third-order valence-corrected chi connectivity index (χ3v) is 5.07. The van der Waals surface area contributed by atoms with Crippen LogP contribution in [0.3, 0.4) is 0 Å². The summed E-state index contributed by atoms with van der Waals surface area (Å²) < 4.78 is 8.19. The van der Waals surface area contributed by atoms with Gasteiger partial charge in [0.2, 0.25) is 0 Å². The molecular formula is C20H26N4O. The van der Waals surface area contributed by atoms with Crippen molar-refractivity contribution >= 4 is 5.69 Å². The molecule has 1 aromatic carbocycles. The van der Waals surface area contributed by atoms with Gasteiger partial charge in [-0.1, -0.05) is 12.6 Å². The minimum absolute atomic E-state index is 0.769. The van der Waals surface area contributed by atoms with E-state index < -0.39 is 0 Å². The zero-order valence-corrected chi connectivity index (χ0v) is 14.7. The van der Waals surface area contributed by atoms with Gasteiger partial charge in [0.25, 0.3) is 0 Å². The van der Waals surface area contributed by atoms with Gasteiger partial charge >= 0.3 is 0 Å². The smallest absolute Gasteiger partial charge is 0.121 e. The maximum Gasteiger partial charge on any atom is 0.121 e. The molecule has 2 aliphatic heterocycles. The van der Waals surface area contributed by atoms with E-state index in [2.05, 4.69) is 44.5 Å². The Morgan fingerprint density at radius 2 is 2.16 bits per heavy atom. The van der Waals surface area contributed by atoms with Crippen LogP contribution in [0, 0.1) is 0 Å². The number of benzene rings is 1. The van der Waals surface area contributed by atoms with Gasteiger partial charge in [-0.15, -0.1) is 0 Å². The standard InChI is InChI=1S/C20H26N4O/c1-16-4-5-17-6-7-19(12-20(17)22-16)25-11-3-2-8-23-9-10-24-15-21-13-18(24)14-23/h6-7,12-13,15,22H,1-5,8-11,14H2. The number of anilines is 1. The molecule has 0 spiro atoms. The Balaban J connectivity index is 1.19. The summed E-state index contributed by atoms with van der Waals surface area (Å²) in [5.74, 6) is 0.947. The predicted molar refractivity (Wildman–Crippen MR) is 99.8 cm³/mol. The van der Waals surface area contributed by atoms with Crippen LogP contribution in [-0.4, -0.2) is 34.1 Å². The molecule has 5 nitrogen and oxygen atoms in total. The van der Waals surface area contributed by atoms with Crippen molar-refractivity contribution in [2.75, 3.05) is 25.0 Å². The summed E-state index contributed by atoms with van der Waals surface area (Å²) in [7, 11) is 0. The summed E-state index contributed by atoms with van der Waals surface area (Å²) >= 11 is 0. The quantitative estimate of drug-likeness (QED) is 0.820. The minimum Gasteiger partial charge on any atom is -0.494 e. The predicted octanol–water partition coefficient (Wildman–Crippen LogP) is 3.43. The van der Waals surface area contributed by atoms with Gasteiger partial charge in [0.1, 0.15) is 5.75 Å². The van der Waals surface area contributed by atoms with E-state index >= 15 is 0 Å². The van der Waals surface area contributed by atoms with E-state index in [1.807, 2.05) is 12.5 Å². The normalized spacial score (nSPS) is 16.9. The second-order valence-electron chi connectivity index (χ2n) is 6.96. The van der Waals surface area contributed by atoms with Gasteiger partial charge in [-0.3, -0.25) is 4.90 Å². The zero-order chi connectivity index (χ0) is 17.1. The summed E-state index contributed by atoms with van der Waals surface area (Å²) in [6.45, 7) is 9.10. The van der Waals surface area contributed by atoms with E-state index in [-0.39, 0.29) is 0 Å². The zero-order valence-electron chi connectivity index (χ0n) is 14.7. The molecule has 0 atom stereocenters. The fourth-order valence-corrected chi connectivity index (χ4v) is 3.58. The Labute approximate surface area is 149 Å². The molecule has 5 heteroatoms. The van der Waals surface area contributed by atoms with Crippen molar-refractivity contribution in [2.45, 2.75) is 38.8 Å². The number of hydrogen-bond acceptors (Lipinski definition) is 4. The SMILES string of the molecule is C=C1CCc2ccc(OCCCCN3CCn4cncc4C3)cc2N1. The Hall–Kier alpha value is -2.27. The van der Waals surface area contributed by atoms with Crippen molar-refractivity contribution in [1.82, 2.24) is 14.5 Å². The van der Waals surface area contributed by atoms with Crippen LogP contribution in [0.15, 0.2) is 43.0 Å². The lowest BCUT2D eigenvalue weighted by atomic mass is 10.0. The van der Waals surface area contributed by atoms with Crippen molar-refractivity contribution < 1.29 is 4.74 Å². The molecule has 132 valence electrons. The fourth-order valence-electron chi connectivity index (χ4n) is 3.58. The van der Waals surface area contributed by atoms with Crippen molar-refractivity contribution in [3.63, 3.8) is 0 Å². The molecule has 0 unspecified atom stereocenters. The number of aryl methyl sites for hydroxylation is 1. The number of fused-ring (bicyclic) bond motifs is 2. The van der Waals surface area contributed by atoms with Crippen molar-refractivity contribution in [3.05, 3.63) is 54.3 Å². The maximum atomic E-state index is 5.94. The average Bonchev–Trinajstić information content (AvgIpc) is 3.09. The molecule has 2 aromatic rings. The molecule has 2 aliphatic rings. The molecule has 1 aromatic heterocycles. The van der Waals surface area contributed by atoms with Crippen molar-refractivity contribution in [2.24, 2.45) is 0 Å². The second kappa shape index (κ2) is 7.31. The molecule has 1 N–H and O–H groups in total. The number of hydrogen-bond donors (Lipinski definition) is 1. The molecule has 4 rings (SSSR count). The van der Waals surface area contributed by atoms with Gasteiger partial charge in [-0.05, 0) is 43.9 Å². The van der Waals surface area contributed by atoms with Crippen LogP contribution in [0.4, 0.5) is 5.69 Å². The third kappa shape index (κ3) is 3.87. The van der Waals surface area contributed by atoms with Gasteiger partial charge in [0, 0.05) is 43.3 Å². The van der Waals surface area contributed by atoms with Crippen molar-refractivity contribution in [3.8, 4) is 5.75 Å². The van der Waals surface area contributed by atoms with Crippen molar-refractivity contribution in [1.29, 1.82) is 0 Å². The van der Waals surface area contributed by atoms with E-state index in [4.69, 9.17) is 4.74 Å². The molecule has 0 saturated heterocycles. The first-order valence-corrected chi connectivity index (χ1v) is 9.20.